The number of carbonyl (C=O) groups is 3. The molecule has 0 saturated carbocycles. The summed E-state index contributed by atoms with van der Waals surface area (Å²) in [7, 11) is 0. The molecule has 1 atom stereocenters. The van der Waals surface area contributed by atoms with Crippen LogP contribution in [0.1, 0.15) is 46.6 Å². The number of hydrogen-bond donors (Lipinski definition) is 2. The van der Waals surface area contributed by atoms with E-state index in [9.17, 15) is 14.4 Å². The van der Waals surface area contributed by atoms with Crippen LogP contribution >= 0.6 is 34.5 Å². The van der Waals surface area contributed by atoms with Crippen molar-refractivity contribution in [2.24, 2.45) is 11.0 Å². The third-order valence-corrected chi connectivity index (χ3v) is 6.49. The van der Waals surface area contributed by atoms with Crippen molar-refractivity contribution in [2.45, 2.75) is 33.1 Å². The van der Waals surface area contributed by atoms with Crippen molar-refractivity contribution in [1.82, 2.24) is 5.43 Å². The highest BCUT2D eigenvalue weighted by Gasteiger charge is 2.30. The fourth-order valence-electron chi connectivity index (χ4n) is 3.24. The summed E-state index contributed by atoms with van der Waals surface area (Å²) in [5.41, 5.74) is 3.91. The van der Waals surface area contributed by atoms with Gasteiger partial charge >= 0.3 is 17.8 Å². The first-order valence-electron chi connectivity index (χ1n) is 9.71. The summed E-state index contributed by atoms with van der Waals surface area (Å²) in [5.74, 6) is -1.92. The SMILES string of the molecule is CCOC(=O)c1c(NC(=O)C(=O)N/N=C/c2ccc(Cl)cc2Cl)sc2c1CCC(C)C2. The Morgan fingerprint density at radius 2 is 2.06 bits per heavy atom. The van der Waals surface area contributed by atoms with Crippen molar-refractivity contribution in [1.29, 1.82) is 0 Å². The molecule has 0 fully saturated rings. The maximum Gasteiger partial charge on any atom is 0.341 e. The van der Waals surface area contributed by atoms with Crippen LogP contribution in [0.5, 0.6) is 0 Å². The molecule has 3 rings (SSSR count). The molecular weight excluding hydrogens is 461 g/mol. The van der Waals surface area contributed by atoms with Gasteiger partial charge in [-0.25, -0.2) is 10.2 Å². The first-order valence-corrected chi connectivity index (χ1v) is 11.3. The van der Waals surface area contributed by atoms with E-state index in [4.69, 9.17) is 27.9 Å². The van der Waals surface area contributed by atoms with Gasteiger partial charge in [-0.1, -0.05) is 36.2 Å². The number of fused-ring (bicyclic) bond motifs is 1. The minimum atomic E-state index is -0.976. The number of nitrogens with one attached hydrogen (secondary N) is 2. The van der Waals surface area contributed by atoms with Gasteiger partial charge in [0, 0.05) is 15.5 Å². The Morgan fingerprint density at radius 1 is 1.29 bits per heavy atom. The van der Waals surface area contributed by atoms with Gasteiger partial charge in [-0.3, -0.25) is 9.59 Å². The summed E-state index contributed by atoms with van der Waals surface area (Å²) in [5, 5.41) is 7.44. The Balaban J connectivity index is 1.72. The molecule has 164 valence electrons. The van der Waals surface area contributed by atoms with Crippen molar-refractivity contribution in [3.8, 4) is 0 Å². The van der Waals surface area contributed by atoms with Crippen molar-refractivity contribution in [3.05, 3.63) is 49.8 Å². The highest BCUT2D eigenvalue weighted by Crippen LogP contribution is 2.40. The maximum absolute atomic E-state index is 12.5. The van der Waals surface area contributed by atoms with Gasteiger partial charge in [-0.05, 0) is 49.8 Å². The maximum atomic E-state index is 12.5. The minimum Gasteiger partial charge on any atom is -0.462 e. The number of benzene rings is 1. The molecule has 0 bridgehead atoms. The van der Waals surface area contributed by atoms with Gasteiger partial charge in [0.25, 0.3) is 0 Å². The number of ether oxygens (including phenoxy) is 1. The number of hydrogen-bond acceptors (Lipinski definition) is 6. The van der Waals surface area contributed by atoms with Crippen LogP contribution in [0.3, 0.4) is 0 Å². The number of halogens is 2. The van der Waals surface area contributed by atoms with Crippen LogP contribution in [0.15, 0.2) is 23.3 Å². The number of amides is 2. The Labute approximate surface area is 193 Å². The molecular formula is C21H21Cl2N3O4S. The third-order valence-electron chi connectivity index (χ3n) is 4.76. The fourth-order valence-corrected chi connectivity index (χ4v) is 5.09. The number of carbonyl (C=O) groups excluding carboxylic acids is 3. The van der Waals surface area contributed by atoms with Crippen molar-refractivity contribution in [3.63, 3.8) is 0 Å². The van der Waals surface area contributed by atoms with Gasteiger partial charge < -0.3 is 10.1 Å². The van der Waals surface area contributed by atoms with E-state index in [1.807, 2.05) is 0 Å². The second kappa shape index (κ2) is 10.3. The molecule has 1 aromatic carbocycles. The number of rotatable bonds is 5. The number of nitrogens with zero attached hydrogens (tertiary/aromatic N) is 1. The smallest absolute Gasteiger partial charge is 0.341 e. The first kappa shape index (κ1) is 23.2. The zero-order valence-electron chi connectivity index (χ0n) is 17.0. The number of anilines is 1. The monoisotopic (exact) mass is 481 g/mol. The molecule has 2 aromatic rings. The Hall–Kier alpha value is -2.42. The van der Waals surface area contributed by atoms with E-state index in [-0.39, 0.29) is 6.61 Å². The van der Waals surface area contributed by atoms with E-state index in [0.717, 1.165) is 29.7 Å². The van der Waals surface area contributed by atoms with Crippen LogP contribution in [0.25, 0.3) is 0 Å². The minimum absolute atomic E-state index is 0.218. The molecule has 7 nitrogen and oxygen atoms in total. The van der Waals surface area contributed by atoms with Crippen molar-refractivity contribution in [2.75, 3.05) is 11.9 Å². The van der Waals surface area contributed by atoms with Crippen LogP contribution in [0.2, 0.25) is 10.0 Å². The molecule has 2 N–H and O–H groups in total. The lowest BCUT2D eigenvalue weighted by molar-refractivity contribution is -0.136. The predicted molar refractivity (Wildman–Crippen MR) is 122 cm³/mol. The zero-order chi connectivity index (χ0) is 22.5. The second-order valence-corrected chi connectivity index (χ2v) is 9.04. The first-order chi connectivity index (χ1) is 14.8. The lowest BCUT2D eigenvalue weighted by Gasteiger charge is -2.18. The van der Waals surface area contributed by atoms with Crippen LogP contribution in [-0.2, 0) is 27.2 Å². The summed E-state index contributed by atoms with van der Waals surface area (Å²) in [6.07, 6.45) is 3.81. The zero-order valence-corrected chi connectivity index (χ0v) is 19.3. The number of thiophene rings is 1. The van der Waals surface area contributed by atoms with Crippen molar-refractivity contribution >= 4 is 63.5 Å². The molecule has 0 saturated heterocycles. The lowest BCUT2D eigenvalue weighted by atomic mass is 9.88. The van der Waals surface area contributed by atoms with Crippen LogP contribution in [0, 0.1) is 5.92 Å². The summed E-state index contributed by atoms with van der Waals surface area (Å²) in [6, 6.07) is 4.79. The van der Waals surface area contributed by atoms with E-state index < -0.39 is 17.8 Å². The average Bonchev–Trinajstić information content (AvgIpc) is 3.06. The van der Waals surface area contributed by atoms with Gasteiger partial charge in [-0.2, -0.15) is 5.10 Å². The fraction of sp³-hybridized carbons (Fsp3) is 0.333. The molecule has 0 aliphatic heterocycles. The van der Waals surface area contributed by atoms with Gasteiger partial charge in [0.05, 0.1) is 23.4 Å². The van der Waals surface area contributed by atoms with E-state index in [1.165, 1.54) is 23.6 Å². The van der Waals surface area contributed by atoms with E-state index in [0.29, 0.717) is 32.1 Å². The highest BCUT2D eigenvalue weighted by atomic mass is 35.5. The standard InChI is InChI=1S/C21H21Cl2N3O4S/c1-3-30-21(29)17-14-7-4-11(2)8-16(14)31-20(17)25-18(27)19(28)26-24-10-12-5-6-13(22)9-15(12)23/h5-6,9-11H,3-4,7-8H2,1-2H3,(H,25,27)(H,26,28)/b24-10+. The molecule has 1 aromatic heterocycles. The summed E-state index contributed by atoms with van der Waals surface area (Å²) < 4.78 is 5.17. The molecule has 0 spiro atoms. The van der Waals surface area contributed by atoms with Crippen LogP contribution in [-0.4, -0.2) is 30.6 Å². The summed E-state index contributed by atoms with van der Waals surface area (Å²) in [4.78, 5) is 38.1. The van der Waals surface area contributed by atoms with E-state index >= 15 is 0 Å². The molecule has 31 heavy (non-hydrogen) atoms. The summed E-state index contributed by atoms with van der Waals surface area (Å²) >= 11 is 13.2. The van der Waals surface area contributed by atoms with Crippen molar-refractivity contribution < 1.29 is 19.1 Å². The third kappa shape index (κ3) is 5.64. The lowest BCUT2D eigenvalue weighted by Crippen LogP contribution is -2.32. The van der Waals surface area contributed by atoms with Gasteiger partial charge in [0.1, 0.15) is 5.00 Å². The largest absolute Gasteiger partial charge is 0.462 e. The van der Waals surface area contributed by atoms with Gasteiger partial charge in [-0.15, -0.1) is 11.3 Å². The highest BCUT2D eigenvalue weighted by molar-refractivity contribution is 7.17. The van der Waals surface area contributed by atoms with Gasteiger partial charge in [0.2, 0.25) is 0 Å². The quantitative estimate of drug-likeness (QED) is 0.285. The van der Waals surface area contributed by atoms with Crippen LogP contribution in [0.4, 0.5) is 5.00 Å². The molecule has 1 heterocycles. The molecule has 2 amide bonds. The Bertz CT molecular complexity index is 1050. The number of esters is 1. The van der Waals surface area contributed by atoms with Gasteiger partial charge in [0.15, 0.2) is 0 Å². The summed E-state index contributed by atoms with van der Waals surface area (Å²) in [6.45, 7) is 4.08. The predicted octanol–water partition coefficient (Wildman–Crippen LogP) is 4.45. The Morgan fingerprint density at radius 3 is 2.77 bits per heavy atom. The molecule has 1 aliphatic carbocycles. The van der Waals surface area contributed by atoms with E-state index in [1.54, 1.807) is 19.1 Å². The Kier molecular flexibility index (Phi) is 7.69. The molecule has 0 radical (unpaired) electrons. The normalized spacial score (nSPS) is 15.4. The number of hydrazone groups is 1. The second-order valence-electron chi connectivity index (χ2n) is 7.10. The van der Waals surface area contributed by atoms with Crippen LogP contribution < -0.4 is 10.7 Å². The topological polar surface area (TPSA) is 96.9 Å². The average molecular weight is 482 g/mol. The molecule has 10 heteroatoms. The molecule has 1 unspecified atom stereocenters. The molecule has 1 aliphatic rings. The van der Waals surface area contributed by atoms with E-state index in [2.05, 4.69) is 22.8 Å².